The van der Waals surface area contributed by atoms with E-state index in [1.54, 1.807) is 11.8 Å². The first-order valence-electron chi connectivity index (χ1n) is 2.34. The van der Waals surface area contributed by atoms with Crippen molar-refractivity contribution in [3.05, 3.63) is 0 Å². The standard InChI is InChI=1S/C5H9OS/c1-2-7-5-3-4-6/h2-3,5H2,1H3/q+1. The van der Waals surface area contributed by atoms with E-state index >= 15 is 0 Å². The van der Waals surface area contributed by atoms with Crippen LogP contribution in [0.3, 0.4) is 0 Å². The number of hydrogen-bond donors (Lipinski definition) is 0. The number of thioether (sulfide) groups is 1. The molecule has 0 aromatic carbocycles. The third kappa shape index (κ3) is 6.09. The topological polar surface area (TPSA) is 19.9 Å². The van der Waals surface area contributed by atoms with Gasteiger partial charge in [-0.15, -0.1) is 0 Å². The van der Waals surface area contributed by atoms with E-state index in [1.165, 1.54) is 0 Å². The van der Waals surface area contributed by atoms with E-state index < -0.39 is 0 Å². The molecule has 0 saturated heterocycles. The Bertz CT molecular complexity index is 65.0. The van der Waals surface area contributed by atoms with Gasteiger partial charge < -0.3 is 0 Å². The van der Waals surface area contributed by atoms with Gasteiger partial charge in [0, 0.05) is 0 Å². The molecular formula is C5H9OS+. The Labute approximate surface area is 48.2 Å². The van der Waals surface area contributed by atoms with Crippen LogP contribution in [0.2, 0.25) is 0 Å². The fourth-order valence-electron chi connectivity index (χ4n) is 0.258. The molecule has 0 unspecified atom stereocenters. The molecule has 2 heteroatoms. The zero-order chi connectivity index (χ0) is 5.54. The van der Waals surface area contributed by atoms with Crippen molar-refractivity contribution < 1.29 is 4.65 Å². The molecule has 0 rings (SSSR count). The van der Waals surface area contributed by atoms with Crippen LogP contribution in [0.1, 0.15) is 13.3 Å². The summed E-state index contributed by atoms with van der Waals surface area (Å²) in [5.74, 6) is 2.03. The van der Waals surface area contributed by atoms with E-state index in [-0.39, 0.29) is 0 Å². The average Bonchev–Trinajstić information content (AvgIpc) is 1.69. The third-order valence-corrected chi connectivity index (χ3v) is 1.45. The molecule has 40 valence electrons. The van der Waals surface area contributed by atoms with Crippen molar-refractivity contribution in [2.75, 3.05) is 11.5 Å². The minimum absolute atomic E-state index is 0.582. The normalized spacial score (nSPS) is 8.00. The summed E-state index contributed by atoms with van der Waals surface area (Å²) in [5.41, 5.74) is 0. The molecule has 0 aliphatic heterocycles. The maximum absolute atomic E-state index is 9.54. The van der Waals surface area contributed by atoms with Gasteiger partial charge in [-0.05, 0) is 0 Å². The van der Waals surface area contributed by atoms with Crippen molar-refractivity contribution in [3.63, 3.8) is 0 Å². The second-order valence-corrected chi connectivity index (χ2v) is 2.49. The summed E-state index contributed by atoms with van der Waals surface area (Å²) in [6.45, 7) is 2.08. The predicted molar refractivity (Wildman–Crippen MR) is 32.2 cm³/mol. The number of hydrogen-bond acceptors (Lipinski definition) is 1. The molecule has 0 aliphatic rings. The second-order valence-electron chi connectivity index (χ2n) is 1.09. The summed E-state index contributed by atoms with van der Waals surface area (Å²) < 4.78 is 9.54. The Morgan fingerprint density at radius 1 is 1.71 bits per heavy atom. The first-order chi connectivity index (χ1) is 3.41. The fraction of sp³-hybridized carbons (Fsp3) is 0.800. The molecule has 0 aromatic heterocycles. The molecular weight excluding hydrogens is 108 g/mol. The first kappa shape index (κ1) is 7.09. The summed E-state index contributed by atoms with van der Waals surface area (Å²) >= 11 is 1.77. The summed E-state index contributed by atoms with van der Waals surface area (Å²) in [5, 5.41) is 0. The molecule has 0 aromatic rings. The molecule has 0 fully saturated rings. The molecule has 0 spiro atoms. The van der Waals surface area contributed by atoms with Crippen LogP contribution in [0.15, 0.2) is 0 Å². The molecule has 0 saturated carbocycles. The van der Waals surface area contributed by atoms with Gasteiger partial charge in [-0.25, -0.2) is 0 Å². The van der Waals surface area contributed by atoms with Crippen LogP contribution in [-0.4, -0.2) is 11.5 Å². The summed E-state index contributed by atoms with van der Waals surface area (Å²) in [6.07, 6.45) is 2.41. The van der Waals surface area contributed by atoms with Gasteiger partial charge in [0.25, 0.3) is 0 Å². The third-order valence-electron chi connectivity index (χ3n) is 0.553. The molecule has 0 heterocycles. The quantitative estimate of drug-likeness (QED) is 0.405. The zero-order valence-electron chi connectivity index (χ0n) is 4.44. The van der Waals surface area contributed by atoms with Crippen molar-refractivity contribution in [1.82, 2.24) is 0 Å². The SMILES string of the molecule is CCSCCC#[O+]. The summed E-state index contributed by atoms with van der Waals surface area (Å²) in [6, 6.07) is 0. The van der Waals surface area contributed by atoms with Crippen molar-refractivity contribution in [2.45, 2.75) is 13.3 Å². The molecule has 0 bridgehead atoms. The Morgan fingerprint density at radius 2 is 2.43 bits per heavy atom. The van der Waals surface area contributed by atoms with Gasteiger partial charge in [0.05, 0.1) is 0 Å². The van der Waals surface area contributed by atoms with Crippen LogP contribution < -0.4 is 0 Å². The van der Waals surface area contributed by atoms with Gasteiger partial charge in [0.15, 0.2) is 0 Å². The first-order valence-corrected chi connectivity index (χ1v) is 3.50. The summed E-state index contributed by atoms with van der Waals surface area (Å²) in [4.78, 5) is 0. The summed E-state index contributed by atoms with van der Waals surface area (Å²) in [7, 11) is 0. The molecule has 0 aliphatic carbocycles. The Morgan fingerprint density at radius 3 is 2.86 bits per heavy atom. The molecule has 7 heavy (non-hydrogen) atoms. The van der Waals surface area contributed by atoms with Crippen molar-refractivity contribution >= 4 is 11.8 Å². The predicted octanol–water partition coefficient (Wildman–Crippen LogP) is 1.52. The van der Waals surface area contributed by atoms with Crippen LogP contribution in [0, 0.1) is 6.15 Å². The van der Waals surface area contributed by atoms with Crippen LogP contribution in [0.25, 0.3) is 0 Å². The van der Waals surface area contributed by atoms with E-state index in [9.17, 15) is 4.65 Å². The molecule has 0 atom stereocenters. The van der Waals surface area contributed by atoms with E-state index in [0.29, 0.717) is 6.42 Å². The van der Waals surface area contributed by atoms with Gasteiger partial charge >= 0.3 is 47.4 Å². The van der Waals surface area contributed by atoms with Crippen LogP contribution in [0.4, 0.5) is 0 Å². The minimum atomic E-state index is 0.582. The Kier molecular flexibility index (Phi) is 6.17. The Balaban J connectivity index is 2.60. The Hall–Kier alpha value is 0.0900. The van der Waals surface area contributed by atoms with E-state index in [2.05, 4.69) is 6.92 Å². The van der Waals surface area contributed by atoms with Crippen LogP contribution in [0.5, 0.6) is 0 Å². The van der Waals surface area contributed by atoms with Crippen molar-refractivity contribution in [3.8, 4) is 6.15 Å². The van der Waals surface area contributed by atoms with Crippen LogP contribution >= 0.6 is 11.8 Å². The fourth-order valence-corrected chi connectivity index (χ4v) is 0.775. The molecule has 0 radical (unpaired) electrons. The molecule has 1 nitrogen and oxygen atoms in total. The van der Waals surface area contributed by atoms with Gasteiger partial charge in [-0.1, -0.05) is 0 Å². The number of rotatable bonds is 3. The van der Waals surface area contributed by atoms with E-state index in [0.717, 1.165) is 11.5 Å². The van der Waals surface area contributed by atoms with Gasteiger partial charge in [-0.2, -0.15) is 0 Å². The zero-order valence-corrected chi connectivity index (χ0v) is 5.25. The second kappa shape index (κ2) is 6.09. The molecule has 0 amide bonds. The van der Waals surface area contributed by atoms with Gasteiger partial charge in [0.2, 0.25) is 0 Å². The van der Waals surface area contributed by atoms with Crippen molar-refractivity contribution in [1.29, 1.82) is 0 Å². The van der Waals surface area contributed by atoms with Crippen LogP contribution in [-0.2, 0) is 4.65 Å². The van der Waals surface area contributed by atoms with E-state index in [1.807, 2.05) is 6.15 Å². The van der Waals surface area contributed by atoms with Crippen molar-refractivity contribution in [2.24, 2.45) is 0 Å². The van der Waals surface area contributed by atoms with E-state index in [4.69, 9.17) is 0 Å². The van der Waals surface area contributed by atoms with Gasteiger partial charge in [-0.3, -0.25) is 0 Å². The average molecular weight is 117 g/mol. The van der Waals surface area contributed by atoms with Gasteiger partial charge in [0.1, 0.15) is 0 Å². The monoisotopic (exact) mass is 117 g/mol. The maximum atomic E-state index is 9.54. The molecule has 0 N–H and O–H groups in total.